The molecule has 0 spiro atoms. The van der Waals surface area contributed by atoms with Crippen molar-refractivity contribution in [2.45, 2.75) is 58.5 Å². The minimum atomic E-state index is 0.352. The van der Waals surface area contributed by atoms with Crippen molar-refractivity contribution in [1.82, 2.24) is 9.97 Å². The molecule has 4 heteroatoms. The lowest BCUT2D eigenvalue weighted by atomic mass is 10.1. The summed E-state index contributed by atoms with van der Waals surface area (Å²) in [5.74, 6) is 0. The maximum atomic E-state index is 5.84. The van der Waals surface area contributed by atoms with Gasteiger partial charge in [0.05, 0.1) is 11.6 Å². The zero-order chi connectivity index (χ0) is 19.3. The van der Waals surface area contributed by atoms with Crippen molar-refractivity contribution < 1.29 is 9.47 Å². The summed E-state index contributed by atoms with van der Waals surface area (Å²) in [5, 5.41) is 1.01. The van der Waals surface area contributed by atoms with Gasteiger partial charge in [0, 0.05) is 18.2 Å². The van der Waals surface area contributed by atoms with Crippen molar-refractivity contribution in [3.63, 3.8) is 0 Å². The molecule has 0 fully saturated rings. The minimum absolute atomic E-state index is 0.352. The Kier molecular flexibility index (Phi) is 9.56. The highest BCUT2D eigenvalue weighted by Gasteiger charge is 2.02. The van der Waals surface area contributed by atoms with Gasteiger partial charge in [-0.15, -0.1) is 0 Å². The number of aromatic nitrogens is 2. The van der Waals surface area contributed by atoms with Gasteiger partial charge in [-0.25, -0.2) is 4.98 Å². The molecule has 0 radical (unpaired) electrons. The van der Waals surface area contributed by atoms with Crippen molar-refractivity contribution >= 4 is 17.0 Å². The van der Waals surface area contributed by atoms with E-state index in [9.17, 15) is 0 Å². The van der Waals surface area contributed by atoms with Gasteiger partial charge in [0.15, 0.2) is 0 Å². The Morgan fingerprint density at radius 1 is 1.22 bits per heavy atom. The summed E-state index contributed by atoms with van der Waals surface area (Å²) in [4.78, 5) is 8.63. The van der Waals surface area contributed by atoms with Crippen LogP contribution >= 0.6 is 0 Å². The molecule has 1 heterocycles. The topological polar surface area (TPSA) is 44.2 Å². The van der Waals surface area contributed by atoms with E-state index in [1.54, 1.807) is 12.3 Å². The van der Waals surface area contributed by atoms with Gasteiger partial charge in [0.25, 0.3) is 0 Å². The second-order valence-corrected chi connectivity index (χ2v) is 6.79. The summed E-state index contributed by atoms with van der Waals surface area (Å²) >= 11 is 0. The SMILES string of the molecule is C=CCOc1ncc2cc(/C=C/CCCC(C)OCCCCC)ccc2n1. The van der Waals surface area contributed by atoms with Crippen LogP contribution in [0, 0.1) is 0 Å². The molecule has 1 unspecified atom stereocenters. The summed E-state index contributed by atoms with van der Waals surface area (Å²) in [7, 11) is 0. The average Bonchev–Trinajstić information content (AvgIpc) is 2.69. The molecule has 2 aromatic rings. The summed E-state index contributed by atoms with van der Waals surface area (Å²) in [6.45, 7) is 9.32. The van der Waals surface area contributed by atoms with Crippen molar-refractivity contribution in [1.29, 1.82) is 0 Å². The van der Waals surface area contributed by atoms with Crippen LogP contribution in [-0.4, -0.2) is 29.3 Å². The van der Waals surface area contributed by atoms with Crippen LogP contribution in [0.5, 0.6) is 6.01 Å². The molecule has 1 atom stereocenters. The molecule has 27 heavy (non-hydrogen) atoms. The first kappa shape index (κ1) is 21.1. The molecule has 1 aromatic carbocycles. The molecule has 0 saturated heterocycles. The van der Waals surface area contributed by atoms with Gasteiger partial charge in [-0.05, 0) is 50.3 Å². The fraction of sp³-hybridized carbons (Fsp3) is 0.478. The Morgan fingerprint density at radius 3 is 2.93 bits per heavy atom. The number of unbranched alkanes of at least 4 members (excludes halogenated alkanes) is 3. The molecule has 0 bridgehead atoms. The lowest BCUT2D eigenvalue weighted by Gasteiger charge is -2.12. The third-order valence-electron chi connectivity index (χ3n) is 4.35. The number of nitrogens with zero attached hydrogens (tertiary/aromatic N) is 2. The van der Waals surface area contributed by atoms with Crippen molar-refractivity contribution in [3.05, 3.63) is 48.7 Å². The molecule has 1 aromatic heterocycles. The predicted molar refractivity (Wildman–Crippen MR) is 113 cm³/mol. The number of rotatable bonds is 13. The Hall–Kier alpha value is -2.20. The smallest absolute Gasteiger partial charge is 0.317 e. The Morgan fingerprint density at radius 2 is 2.11 bits per heavy atom. The number of fused-ring (bicyclic) bond motifs is 1. The number of hydrogen-bond donors (Lipinski definition) is 0. The fourth-order valence-electron chi connectivity index (χ4n) is 2.80. The van der Waals surface area contributed by atoms with Crippen LogP contribution in [0.15, 0.2) is 43.1 Å². The maximum absolute atomic E-state index is 5.84. The monoisotopic (exact) mass is 368 g/mol. The summed E-state index contributed by atoms with van der Waals surface area (Å²) < 4.78 is 11.2. The lowest BCUT2D eigenvalue weighted by molar-refractivity contribution is 0.0566. The minimum Gasteiger partial charge on any atom is -0.459 e. The van der Waals surface area contributed by atoms with Gasteiger partial charge in [-0.2, -0.15) is 4.98 Å². The molecule has 0 aliphatic heterocycles. The lowest BCUT2D eigenvalue weighted by Crippen LogP contribution is -2.08. The third kappa shape index (κ3) is 7.92. The molecule has 0 aliphatic carbocycles. The highest BCUT2D eigenvalue weighted by atomic mass is 16.5. The number of benzene rings is 1. The van der Waals surface area contributed by atoms with Crippen LogP contribution in [0.1, 0.15) is 57.9 Å². The van der Waals surface area contributed by atoms with E-state index in [-0.39, 0.29) is 0 Å². The van der Waals surface area contributed by atoms with E-state index in [1.165, 1.54) is 19.3 Å². The summed E-state index contributed by atoms with van der Waals surface area (Å²) in [6.07, 6.45) is 15.2. The van der Waals surface area contributed by atoms with Crippen LogP contribution in [0.3, 0.4) is 0 Å². The van der Waals surface area contributed by atoms with Crippen molar-refractivity contribution in [2.24, 2.45) is 0 Å². The molecular formula is C23H32N2O2. The second-order valence-electron chi connectivity index (χ2n) is 6.79. The van der Waals surface area contributed by atoms with Gasteiger partial charge in [-0.3, -0.25) is 0 Å². The molecule has 4 nitrogen and oxygen atoms in total. The van der Waals surface area contributed by atoms with Crippen LogP contribution in [0.4, 0.5) is 0 Å². The van der Waals surface area contributed by atoms with Crippen LogP contribution in [-0.2, 0) is 4.74 Å². The Bertz CT molecular complexity index is 727. The summed E-state index contributed by atoms with van der Waals surface area (Å²) in [5.41, 5.74) is 2.05. The normalized spacial score (nSPS) is 12.5. The van der Waals surface area contributed by atoms with Crippen LogP contribution < -0.4 is 4.74 Å². The molecular weight excluding hydrogens is 336 g/mol. The van der Waals surface area contributed by atoms with E-state index >= 15 is 0 Å². The van der Waals surface area contributed by atoms with Gasteiger partial charge < -0.3 is 9.47 Å². The number of allylic oxidation sites excluding steroid dienone is 1. The molecule has 0 N–H and O–H groups in total. The highest BCUT2D eigenvalue weighted by molar-refractivity contribution is 5.80. The van der Waals surface area contributed by atoms with Gasteiger partial charge >= 0.3 is 6.01 Å². The standard InChI is InChI=1S/C23H32N2O2/c1-4-6-10-16-26-19(3)11-8-7-9-12-20-13-14-22-21(17-20)18-24-23(25-22)27-15-5-2/h5,9,12-14,17-19H,2,4,6-8,10-11,15-16H2,1,3H3/b12-9+. The third-order valence-corrected chi connectivity index (χ3v) is 4.35. The first-order valence-electron chi connectivity index (χ1n) is 10.0. The van der Waals surface area contributed by atoms with E-state index in [4.69, 9.17) is 9.47 Å². The predicted octanol–water partition coefficient (Wildman–Crippen LogP) is 5.97. The Labute approximate surface area is 163 Å². The van der Waals surface area contributed by atoms with E-state index in [2.05, 4.69) is 54.7 Å². The van der Waals surface area contributed by atoms with Gasteiger partial charge in [0.2, 0.25) is 0 Å². The van der Waals surface area contributed by atoms with E-state index in [0.29, 0.717) is 18.7 Å². The van der Waals surface area contributed by atoms with Crippen LogP contribution in [0.2, 0.25) is 0 Å². The molecule has 146 valence electrons. The van der Waals surface area contributed by atoms with Gasteiger partial charge in [0.1, 0.15) is 6.61 Å². The van der Waals surface area contributed by atoms with E-state index < -0.39 is 0 Å². The second kappa shape index (κ2) is 12.2. The first-order chi connectivity index (χ1) is 13.2. The van der Waals surface area contributed by atoms with E-state index in [0.717, 1.165) is 42.3 Å². The van der Waals surface area contributed by atoms with Gasteiger partial charge in [-0.1, -0.05) is 50.6 Å². The number of hydrogen-bond acceptors (Lipinski definition) is 4. The Balaban J connectivity index is 1.76. The zero-order valence-corrected chi connectivity index (χ0v) is 16.7. The largest absolute Gasteiger partial charge is 0.459 e. The quantitative estimate of drug-likeness (QED) is 0.322. The maximum Gasteiger partial charge on any atom is 0.317 e. The zero-order valence-electron chi connectivity index (χ0n) is 16.7. The van der Waals surface area contributed by atoms with Crippen molar-refractivity contribution in [3.8, 4) is 6.01 Å². The first-order valence-corrected chi connectivity index (χ1v) is 10.0. The highest BCUT2D eigenvalue weighted by Crippen LogP contribution is 2.17. The molecule has 2 rings (SSSR count). The average molecular weight is 369 g/mol. The van der Waals surface area contributed by atoms with Crippen LogP contribution in [0.25, 0.3) is 17.0 Å². The van der Waals surface area contributed by atoms with Crippen molar-refractivity contribution in [2.75, 3.05) is 13.2 Å². The fourth-order valence-corrected chi connectivity index (χ4v) is 2.80. The molecule has 0 aliphatic rings. The molecule has 0 amide bonds. The molecule has 0 saturated carbocycles. The van der Waals surface area contributed by atoms with E-state index in [1.807, 2.05) is 6.07 Å². The summed E-state index contributed by atoms with van der Waals surface area (Å²) in [6, 6.07) is 6.56. The number of ether oxygens (including phenoxy) is 2.